The smallest absolute Gasteiger partial charge is 0.271 e. The molecule has 1 radical (unpaired) electrons. The lowest BCUT2D eigenvalue weighted by molar-refractivity contribution is 0.257. The minimum atomic E-state index is -0.0406. The van der Waals surface area contributed by atoms with E-state index >= 15 is 0 Å². The van der Waals surface area contributed by atoms with Crippen LogP contribution in [0.3, 0.4) is 0 Å². The van der Waals surface area contributed by atoms with Crippen molar-refractivity contribution >= 4 is 18.5 Å². The van der Waals surface area contributed by atoms with Gasteiger partial charge in [-0.15, -0.1) is 0 Å². The van der Waals surface area contributed by atoms with Crippen molar-refractivity contribution in [2.45, 2.75) is 19.9 Å². The Morgan fingerprint density at radius 3 is 2.46 bits per heavy atom. The van der Waals surface area contributed by atoms with Gasteiger partial charge in [0.1, 0.15) is 0 Å². The molecule has 0 aromatic heterocycles. The summed E-state index contributed by atoms with van der Waals surface area (Å²) in [5, 5.41) is 2.80. The lowest BCUT2D eigenvalue weighted by atomic mass is 9.69. The van der Waals surface area contributed by atoms with Crippen LogP contribution in [-0.2, 0) is 0 Å². The Kier molecular flexibility index (Phi) is 3.56. The highest BCUT2D eigenvalue weighted by Crippen LogP contribution is 1.83. The van der Waals surface area contributed by atoms with Crippen molar-refractivity contribution < 1.29 is 4.79 Å². The van der Waals surface area contributed by atoms with Gasteiger partial charge in [-0.3, -0.25) is 4.79 Å². The number of hydrogen-bond donors (Lipinski definition) is 1. The van der Waals surface area contributed by atoms with Crippen LogP contribution in [0.5, 0.6) is 0 Å². The average molecular weight is 174 g/mol. The van der Waals surface area contributed by atoms with Gasteiger partial charge in [0.2, 0.25) is 0 Å². The number of carbonyl (C=O) groups excluding carboxylic acids is 1. The Bertz CT molecular complexity index is 272. The Balaban J connectivity index is 2.46. The fourth-order valence-electron chi connectivity index (χ4n) is 1.03. The van der Waals surface area contributed by atoms with Crippen LogP contribution in [-0.4, -0.2) is 19.1 Å². The van der Waals surface area contributed by atoms with Crippen LogP contribution >= 0.6 is 0 Å². The highest BCUT2D eigenvalue weighted by molar-refractivity contribution is 6.83. The Labute approximate surface area is 79.6 Å². The van der Waals surface area contributed by atoms with E-state index in [0.717, 1.165) is 5.46 Å². The first-order chi connectivity index (χ1) is 6.18. The minimum absolute atomic E-state index is 0.0406. The second kappa shape index (κ2) is 4.70. The van der Waals surface area contributed by atoms with Crippen molar-refractivity contribution in [3.05, 3.63) is 30.3 Å². The molecule has 1 rings (SSSR count). The topological polar surface area (TPSA) is 29.1 Å². The zero-order chi connectivity index (χ0) is 9.68. The van der Waals surface area contributed by atoms with E-state index in [4.69, 9.17) is 0 Å². The lowest BCUT2D eigenvalue weighted by Crippen LogP contribution is -2.37. The van der Waals surface area contributed by atoms with E-state index in [0.29, 0.717) is 0 Å². The van der Waals surface area contributed by atoms with Gasteiger partial charge in [0.15, 0.2) is 5.81 Å². The lowest BCUT2D eigenvalue weighted by Gasteiger charge is -2.07. The maximum Gasteiger partial charge on any atom is 0.271 e. The second-order valence-corrected chi connectivity index (χ2v) is 3.22. The van der Waals surface area contributed by atoms with Gasteiger partial charge >= 0.3 is 0 Å². The monoisotopic (exact) mass is 174 g/mol. The summed E-state index contributed by atoms with van der Waals surface area (Å²) in [6.07, 6.45) is 0. The molecule has 0 fully saturated rings. The molecule has 1 aromatic rings. The molecule has 13 heavy (non-hydrogen) atoms. The Morgan fingerprint density at radius 2 is 1.92 bits per heavy atom. The Morgan fingerprint density at radius 1 is 1.31 bits per heavy atom. The third kappa shape index (κ3) is 3.79. The van der Waals surface area contributed by atoms with E-state index in [1.165, 1.54) is 0 Å². The van der Waals surface area contributed by atoms with E-state index < -0.39 is 0 Å². The molecule has 0 aliphatic rings. The zero-order valence-electron chi connectivity index (χ0n) is 7.95. The molecule has 0 aliphatic heterocycles. The number of carbonyl (C=O) groups is 1. The number of benzene rings is 1. The van der Waals surface area contributed by atoms with Gasteiger partial charge in [0.25, 0.3) is 7.28 Å². The molecular formula is C10H13BNO. The van der Waals surface area contributed by atoms with E-state index in [2.05, 4.69) is 5.32 Å². The molecule has 0 bridgehead atoms. The zero-order valence-corrected chi connectivity index (χ0v) is 7.95. The normalized spacial score (nSPS) is 9.77. The van der Waals surface area contributed by atoms with Crippen molar-refractivity contribution in [2.24, 2.45) is 0 Å². The van der Waals surface area contributed by atoms with E-state index in [-0.39, 0.29) is 11.8 Å². The number of rotatable bonds is 3. The summed E-state index contributed by atoms with van der Waals surface area (Å²) in [5.41, 5.74) is 0.931. The third-order valence-corrected chi connectivity index (χ3v) is 1.53. The molecule has 0 saturated carbocycles. The first kappa shape index (κ1) is 9.84. The SMILES string of the molecule is CC(C)NC(=O)[B]c1ccccc1. The second-order valence-electron chi connectivity index (χ2n) is 3.22. The Hall–Kier alpha value is -1.25. The molecular weight excluding hydrogens is 161 g/mol. The first-order valence-electron chi connectivity index (χ1n) is 4.39. The molecule has 0 aliphatic carbocycles. The molecule has 0 saturated heterocycles. The van der Waals surface area contributed by atoms with Crippen molar-refractivity contribution in [3.63, 3.8) is 0 Å². The van der Waals surface area contributed by atoms with Gasteiger partial charge in [-0.2, -0.15) is 0 Å². The molecule has 1 aromatic carbocycles. The van der Waals surface area contributed by atoms with Crippen LogP contribution < -0.4 is 10.8 Å². The van der Waals surface area contributed by atoms with Gasteiger partial charge in [-0.1, -0.05) is 35.8 Å². The molecule has 0 spiro atoms. The predicted octanol–water partition coefficient (Wildman–Crippen LogP) is 1.13. The maximum absolute atomic E-state index is 11.3. The highest BCUT2D eigenvalue weighted by Gasteiger charge is 2.05. The fourth-order valence-corrected chi connectivity index (χ4v) is 1.03. The van der Waals surface area contributed by atoms with Crippen LogP contribution in [0.2, 0.25) is 0 Å². The molecule has 2 nitrogen and oxygen atoms in total. The summed E-state index contributed by atoms with van der Waals surface area (Å²) in [7, 11) is 1.60. The maximum atomic E-state index is 11.3. The van der Waals surface area contributed by atoms with Crippen LogP contribution in [0.4, 0.5) is 4.79 Å². The quantitative estimate of drug-likeness (QED) is 0.683. The molecule has 3 heteroatoms. The molecule has 0 atom stereocenters. The highest BCUT2D eigenvalue weighted by atomic mass is 16.1. The predicted molar refractivity (Wildman–Crippen MR) is 55.5 cm³/mol. The van der Waals surface area contributed by atoms with E-state index in [1.807, 2.05) is 44.2 Å². The summed E-state index contributed by atoms with van der Waals surface area (Å²) < 4.78 is 0. The molecule has 67 valence electrons. The van der Waals surface area contributed by atoms with Crippen LogP contribution in [0.25, 0.3) is 0 Å². The molecule has 0 unspecified atom stereocenters. The largest absolute Gasteiger partial charge is 0.363 e. The third-order valence-electron chi connectivity index (χ3n) is 1.53. The van der Waals surface area contributed by atoms with E-state index in [9.17, 15) is 4.79 Å². The van der Waals surface area contributed by atoms with Crippen molar-refractivity contribution in [2.75, 3.05) is 0 Å². The fraction of sp³-hybridized carbons (Fsp3) is 0.300. The van der Waals surface area contributed by atoms with Crippen molar-refractivity contribution in [1.29, 1.82) is 0 Å². The van der Waals surface area contributed by atoms with Gasteiger partial charge in [0.05, 0.1) is 0 Å². The number of hydrogen-bond acceptors (Lipinski definition) is 1. The van der Waals surface area contributed by atoms with Crippen LogP contribution in [0.1, 0.15) is 13.8 Å². The van der Waals surface area contributed by atoms with Gasteiger partial charge < -0.3 is 5.32 Å². The molecule has 1 N–H and O–H groups in total. The van der Waals surface area contributed by atoms with Gasteiger partial charge in [-0.05, 0) is 13.8 Å². The standard InChI is InChI=1S/C10H13BNO/c1-8(2)12-10(13)11-9-6-4-3-5-7-9/h3-8H,1-2H3,(H,12,13). The first-order valence-corrected chi connectivity index (χ1v) is 4.39. The number of nitrogens with one attached hydrogen (secondary N) is 1. The minimum Gasteiger partial charge on any atom is -0.363 e. The summed E-state index contributed by atoms with van der Waals surface area (Å²) in [6, 6.07) is 9.74. The van der Waals surface area contributed by atoms with Gasteiger partial charge in [0, 0.05) is 6.04 Å². The van der Waals surface area contributed by atoms with E-state index in [1.54, 1.807) is 7.28 Å². The van der Waals surface area contributed by atoms with Crippen molar-refractivity contribution in [3.8, 4) is 0 Å². The van der Waals surface area contributed by atoms with Crippen molar-refractivity contribution in [1.82, 2.24) is 5.32 Å². The molecule has 0 heterocycles. The summed E-state index contributed by atoms with van der Waals surface area (Å²) in [6.45, 7) is 3.88. The summed E-state index contributed by atoms with van der Waals surface area (Å²) >= 11 is 0. The number of amides is 1. The summed E-state index contributed by atoms with van der Waals surface area (Å²) in [4.78, 5) is 11.3. The van der Waals surface area contributed by atoms with Crippen LogP contribution in [0.15, 0.2) is 30.3 Å². The average Bonchev–Trinajstić information content (AvgIpc) is 2.04. The molecule has 1 amide bonds. The van der Waals surface area contributed by atoms with Gasteiger partial charge in [-0.25, -0.2) is 0 Å². The van der Waals surface area contributed by atoms with Crippen LogP contribution in [0, 0.1) is 0 Å². The summed E-state index contributed by atoms with van der Waals surface area (Å²) in [5.74, 6) is -0.0406.